The SMILES string of the molecule is C=C1/C=C(c2cccc(-c3ccc4oc5cc6c(cc5c4c3)oc3ccc(-c4ccccc4)cc36)c2)\C=C/Oc2c1ccc1c2C2C=CC=CC2O1. The van der Waals surface area contributed by atoms with Crippen LogP contribution >= 0.6 is 0 Å². The van der Waals surface area contributed by atoms with E-state index in [-0.39, 0.29) is 12.0 Å². The summed E-state index contributed by atoms with van der Waals surface area (Å²) in [5.74, 6) is 1.80. The van der Waals surface area contributed by atoms with Crippen LogP contribution in [0.4, 0.5) is 0 Å². The number of hydrogen-bond acceptors (Lipinski definition) is 4. The molecule has 52 heavy (non-hydrogen) atoms. The summed E-state index contributed by atoms with van der Waals surface area (Å²) in [5.41, 5.74) is 13.0. The van der Waals surface area contributed by atoms with Gasteiger partial charge < -0.3 is 18.3 Å². The topological polar surface area (TPSA) is 44.7 Å². The van der Waals surface area contributed by atoms with Gasteiger partial charge in [-0.25, -0.2) is 0 Å². The molecule has 0 spiro atoms. The van der Waals surface area contributed by atoms with Crippen LogP contribution in [0.3, 0.4) is 0 Å². The molecule has 246 valence electrons. The summed E-state index contributed by atoms with van der Waals surface area (Å²) in [6.45, 7) is 4.47. The van der Waals surface area contributed by atoms with E-state index in [1.807, 2.05) is 24.3 Å². The van der Waals surface area contributed by atoms with Crippen molar-refractivity contribution in [3.8, 4) is 33.8 Å². The predicted octanol–water partition coefficient (Wildman–Crippen LogP) is 12.8. The van der Waals surface area contributed by atoms with Crippen LogP contribution in [0.5, 0.6) is 11.5 Å². The van der Waals surface area contributed by atoms with Crippen LogP contribution in [-0.4, -0.2) is 6.10 Å². The molecule has 11 rings (SSSR count). The Labute approximate surface area is 299 Å². The Bertz CT molecular complexity index is 2930. The average Bonchev–Trinajstić information content (AvgIpc) is 3.86. The Hall–Kier alpha value is -6.78. The molecule has 0 amide bonds. The molecule has 0 saturated heterocycles. The van der Waals surface area contributed by atoms with Gasteiger partial charge in [-0.15, -0.1) is 0 Å². The van der Waals surface area contributed by atoms with Gasteiger partial charge in [-0.2, -0.15) is 0 Å². The van der Waals surface area contributed by atoms with Gasteiger partial charge in [0.15, 0.2) is 0 Å². The minimum Gasteiger partial charge on any atom is -0.485 e. The highest BCUT2D eigenvalue weighted by molar-refractivity contribution is 6.15. The highest BCUT2D eigenvalue weighted by Gasteiger charge is 2.36. The van der Waals surface area contributed by atoms with Crippen LogP contribution < -0.4 is 9.47 Å². The number of furan rings is 2. The highest BCUT2D eigenvalue weighted by Crippen LogP contribution is 2.50. The second kappa shape index (κ2) is 11.1. The first-order chi connectivity index (χ1) is 25.6. The van der Waals surface area contributed by atoms with Crippen molar-refractivity contribution in [3.05, 3.63) is 181 Å². The largest absolute Gasteiger partial charge is 0.485 e. The van der Waals surface area contributed by atoms with E-state index in [2.05, 4.69) is 134 Å². The van der Waals surface area contributed by atoms with E-state index in [4.69, 9.17) is 18.3 Å². The third-order valence-corrected chi connectivity index (χ3v) is 10.6. The first-order valence-electron chi connectivity index (χ1n) is 17.6. The van der Waals surface area contributed by atoms with Crippen molar-refractivity contribution in [3.63, 3.8) is 0 Å². The summed E-state index contributed by atoms with van der Waals surface area (Å²) in [7, 11) is 0. The Kier molecular flexibility index (Phi) is 6.20. The van der Waals surface area contributed by atoms with Gasteiger partial charge >= 0.3 is 0 Å². The molecule has 2 unspecified atom stereocenters. The molecule has 6 aromatic carbocycles. The number of fused-ring (bicyclic) bond motifs is 11. The fraction of sp³-hybridized carbons (Fsp3) is 0.0417. The lowest BCUT2D eigenvalue weighted by Gasteiger charge is -2.19. The first-order valence-corrected chi connectivity index (χ1v) is 17.6. The van der Waals surface area contributed by atoms with Crippen LogP contribution in [0.25, 0.3) is 77.3 Å². The minimum atomic E-state index is -0.00846. The van der Waals surface area contributed by atoms with Crippen LogP contribution in [0.15, 0.2) is 173 Å². The molecule has 2 atom stereocenters. The molecule has 3 aliphatic rings. The van der Waals surface area contributed by atoms with Gasteiger partial charge in [0.05, 0.1) is 12.2 Å². The summed E-state index contributed by atoms with van der Waals surface area (Å²) in [6, 6.07) is 40.1. The van der Waals surface area contributed by atoms with E-state index < -0.39 is 0 Å². The maximum absolute atomic E-state index is 6.43. The van der Waals surface area contributed by atoms with Crippen molar-refractivity contribution < 1.29 is 18.3 Å². The molecule has 4 heteroatoms. The van der Waals surface area contributed by atoms with Crippen molar-refractivity contribution in [2.24, 2.45) is 0 Å². The maximum atomic E-state index is 6.43. The van der Waals surface area contributed by atoms with Gasteiger partial charge in [-0.05, 0) is 112 Å². The van der Waals surface area contributed by atoms with E-state index >= 15 is 0 Å². The third-order valence-electron chi connectivity index (χ3n) is 10.6. The van der Waals surface area contributed by atoms with Gasteiger partial charge in [0, 0.05) is 32.7 Å². The number of hydrogen-bond donors (Lipinski definition) is 0. The summed E-state index contributed by atoms with van der Waals surface area (Å²) in [4.78, 5) is 0. The zero-order valence-electron chi connectivity index (χ0n) is 28.0. The molecule has 4 heterocycles. The maximum Gasteiger partial charge on any atom is 0.141 e. The van der Waals surface area contributed by atoms with Crippen molar-refractivity contribution >= 4 is 55.0 Å². The molecular formula is C48H30O4. The molecule has 2 aliphatic heterocycles. The fourth-order valence-electron chi connectivity index (χ4n) is 8.07. The smallest absolute Gasteiger partial charge is 0.141 e. The van der Waals surface area contributed by atoms with Crippen LogP contribution in [0, 0.1) is 0 Å². The zero-order chi connectivity index (χ0) is 34.3. The third kappa shape index (κ3) is 4.47. The van der Waals surface area contributed by atoms with Crippen molar-refractivity contribution in [2.45, 2.75) is 12.0 Å². The molecule has 4 nitrogen and oxygen atoms in total. The Morgan fingerprint density at radius 2 is 1.19 bits per heavy atom. The number of rotatable bonds is 3. The molecule has 0 fully saturated rings. The minimum absolute atomic E-state index is 0.00846. The summed E-state index contributed by atoms with van der Waals surface area (Å²) >= 11 is 0. The quantitative estimate of drug-likeness (QED) is 0.188. The van der Waals surface area contributed by atoms with E-state index in [1.165, 1.54) is 5.56 Å². The molecule has 0 bridgehead atoms. The first kappa shape index (κ1) is 29.0. The molecule has 0 saturated carbocycles. The van der Waals surface area contributed by atoms with Crippen LogP contribution in [-0.2, 0) is 0 Å². The Morgan fingerprint density at radius 1 is 0.538 bits per heavy atom. The van der Waals surface area contributed by atoms with Gasteiger partial charge in [0.2, 0.25) is 0 Å². The molecule has 0 radical (unpaired) electrons. The Balaban J connectivity index is 0.950. The zero-order valence-corrected chi connectivity index (χ0v) is 28.0. The van der Waals surface area contributed by atoms with E-state index in [9.17, 15) is 0 Å². The number of ether oxygens (including phenoxy) is 2. The van der Waals surface area contributed by atoms with Crippen molar-refractivity contribution in [1.82, 2.24) is 0 Å². The van der Waals surface area contributed by atoms with E-state index in [0.717, 1.165) is 99.9 Å². The number of benzene rings is 6. The predicted molar refractivity (Wildman–Crippen MR) is 211 cm³/mol. The Morgan fingerprint density at radius 3 is 1.96 bits per heavy atom. The van der Waals surface area contributed by atoms with E-state index in [0.29, 0.717) is 0 Å². The second-order valence-corrected chi connectivity index (χ2v) is 13.7. The molecule has 1 aliphatic carbocycles. The van der Waals surface area contributed by atoms with Crippen molar-refractivity contribution in [2.75, 3.05) is 0 Å². The fourth-order valence-corrected chi connectivity index (χ4v) is 8.07. The van der Waals surface area contributed by atoms with Crippen LogP contribution in [0.2, 0.25) is 0 Å². The molecule has 8 aromatic rings. The second-order valence-electron chi connectivity index (χ2n) is 13.7. The lowest BCUT2D eigenvalue weighted by molar-refractivity contribution is 0.269. The molecular weight excluding hydrogens is 641 g/mol. The lowest BCUT2D eigenvalue weighted by Crippen LogP contribution is -2.15. The monoisotopic (exact) mass is 670 g/mol. The van der Waals surface area contributed by atoms with Crippen LogP contribution in [0.1, 0.15) is 22.6 Å². The summed E-state index contributed by atoms with van der Waals surface area (Å²) in [6.07, 6.45) is 14.3. The average molecular weight is 671 g/mol. The molecule has 0 N–H and O–H groups in total. The van der Waals surface area contributed by atoms with Crippen molar-refractivity contribution in [1.29, 1.82) is 0 Å². The normalized spacial score (nSPS) is 19.1. The summed E-state index contributed by atoms with van der Waals surface area (Å²) < 4.78 is 25.4. The van der Waals surface area contributed by atoms with E-state index in [1.54, 1.807) is 6.26 Å². The summed E-state index contributed by atoms with van der Waals surface area (Å²) in [5, 5.41) is 4.21. The lowest BCUT2D eigenvalue weighted by atomic mass is 9.88. The van der Waals surface area contributed by atoms with Gasteiger partial charge in [0.1, 0.15) is 39.9 Å². The van der Waals surface area contributed by atoms with Gasteiger partial charge in [0.25, 0.3) is 0 Å². The number of allylic oxidation sites excluding steroid dienone is 6. The molecule has 2 aromatic heterocycles. The highest BCUT2D eigenvalue weighted by atomic mass is 16.5. The van der Waals surface area contributed by atoms with Gasteiger partial charge in [-0.3, -0.25) is 0 Å². The van der Waals surface area contributed by atoms with Gasteiger partial charge in [-0.1, -0.05) is 85.5 Å². The standard InChI is InChI=1S/C48H30O4/c1-28-22-34(20-21-49-48-35(28)16-19-44-47(48)36-12-5-6-13-41(36)50-44)31-11-7-10-30(23-31)33-15-18-43-38(25-33)40-27-45-39(26-46(40)52-43)37-24-32(14-17-42(37)51-45)29-8-3-2-4-9-29/h2-27,36,41H,1H2/b21-20-,34-22+.